The first-order chi connectivity index (χ1) is 29.7. The Morgan fingerprint density at radius 3 is 1.48 bits per heavy atom. The summed E-state index contributed by atoms with van der Waals surface area (Å²) >= 11 is 0. The Kier molecular flexibility index (Phi) is 7.82. The molecule has 9 aromatic carbocycles. The normalized spacial score (nSPS) is 11.7. The summed E-state index contributed by atoms with van der Waals surface area (Å²) in [7, 11) is 0. The van der Waals surface area contributed by atoms with E-state index >= 15 is 0 Å². The van der Waals surface area contributed by atoms with Crippen LogP contribution in [0.15, 0.2) is 217 Å². The van der Waals surface area contributed by atoms with Crippen molar-refractivity contribution in [2.45, 2.75) is 0 Å². The van der Waals surface area contributed by atoms with Gasteiger partial charge in [-0.3, -0.25) is 0 Å². The van der Waals surface area contributed by atoms with Crippen molar-refractivity contribution in [3.05, 3.63) is 212 Å². The van der Waals surface area contributed by atoms with Gasteiger partial charge in [0, 0.05) is 38.1 Å². The molecule has 0 atom stereocenters. The topological polar surface area (TPSA) is 43.9 Å². The summed E-state index contributed by atoms with van der Waals surface area (Å²) in [4.78, 5) is 10.3. The van der Waals surface area contributed by atoms with Crippen molar-refractivity contribution in [2.75, 3.05) is 0 Å². The van der Waals surface area contributed by atoms with Crippen LogP contribution in [-0.4, -0.2) is 14.5 Å². The molecule has 3 aromatic heterocycles. The summed E-state index contributed by atoms with van der Waals surface area (Å²) in [5.41, 5.74) is 15.6. The molecular formula is C56H35N3O. The van der Waals surface area contributed by atoms with E-state index in [4.69, 9.17) is 14.4 Å². The third kappa shape index (κ3) is 5.61. The second-order valence-corrected chi connectivity index (χ2v) is 15.4. The lowest BCUT2D eigenvalue weighted by Crippen LogP contribution is -1.95. The van der Waals surface area contributed by atoms with E-state index in [0.29, 0.717) is 5.82 Å². The Bertz CT molecular complexity index is 3470. The van der Waals surface area contributed by atoms with Crippen LogP contribution in [0.4, 0.5) is 0 Å². The average molecular weight is 766 g/mol. The van der Waals surface area contributed by atoms with Gasteiger partial charge in [0.25, 0.3) is 0 Å². The van der Waals surface area contributed by atoms with Gasteiger partial charge in [0.2, 0.25) is 0 Å². The van der Waals surface area contributed by atoms with E-state index in [0.717, 1.165) is 66.4 Å². The molecule has 0 saturated heterocycles. The fourth-order valence-electron chi connectivity index (χ4n) is 8.87. The van der Waals surface area contributed by atoms with Crippen LogP contribution >= 0.6 is 0 Å². The highest BCUT2D eigenvalue weighted by Crippen LogP contribution is 2.41. The number of rotatable bonds is 6. The van der Waals surface area contributed by atoms with Crippen LogP contribution in [0, 0.1) is 0 Å². The van der Waals surface area contributed by atoms with Gasteiger partial charge in [0.15, 0.2) is 11.4 Å². The fourth-order valence-corrected chi connectivity index (χ4v) is 8.87. The van der Waals surface area contributed by atoms with Crippen molar-refractivity contribution < 1.29 is 4.42 Å². The van der Waals surface area contributed by atoms with Gasteiger partial charge in [0.05, 0.1) is 27.9 Å². The molecule has 12 rings (SSSR count). The smallest absolute Gasteiger partial charge is 0.160 e. The highest BCUT2D eigenvalue weighted by molar-refractivity contribution is 6.14. The fraction of sp³-hybridized carbons (Fsp3) is 0. The van der Waals surface area contributed by atoms with Crippen LogP contribution < -0.4 is 0 Å². The summed E-state index contributed by atoms with van der Waals surface area (Å²) in [5.74, 6) is 0.655. The van der Waals surface area contributed by atoms with Crippen molar-refractivity contribution >= 4 is 54.6 Å². The predicted molar refractivity (Wildman–Crippen MR) is 248 cm³/mol. The summed E-state index contributed by atoms with van der Waals surface area (Å²) in [6.45, 7) is 0. The van der Waals surface area contributed by atoms with Crippen molar-refractivity contribution in [1.82, 2.24) is 14.5 Å². The lowest BCUT2D eigenvalue weighted by Gasteiger charge is -2.10. The largest absolute Gasteiger partial charge is 0.454 e. The second kappa shape index (κ2) is 13.8. The van der Waals surface area contributed by atoms with Crippen LogP contribution in [0.1, 0.15) is 0 Å². The molecule has 0 N–H and O–H groups in total. The maximum Gasteiger partial charge on any atom is 0.160 e. The molecule has 0 fully saturated rings. The molecule has 60 heavy (non-hydrogen) atoms. The first kappa shape index (κ1) is 34.0. The number of aromatic nitrogens is 3. The van der Waals surface area contributed by atoms with E-state index in [2.05, 4.69) is 199 Å². The molecule has 0 aliphatic carbocycles. The Labute approximate surface area is 346 Å². The van der Waals surface area contributed by atoms with Gasteiger partial charge >= 0.3 is 0 Å². The van der Waals surface area contributed by atoms with Gasteiger partial charge in [-0.15, -0.1) is 0 Å². The molecule has 12 aromatic rings. The Morgan fingerprint density at radius 2 is 0.833 bits per heavy atom. The summed E-state index contributed by atoms with van der Waals surface area (Å²) < 4.78 is 9.36. The van der Waals surface area contributed by atoms with Gasteiger partial charge in [-0.25, -0.2) is 9.97 Å². The van der Waals surface area contributed by atoms with E-state index in [1.54, 1.807) is 0 Å². The molecule has 0 amide bonds. The van der Waals surface area contributed by atoms with Crippen LogP contribution in [-0.2, 0) is 0 Å². The van der Waals surface area contributed by atoms with Gasteiger partial charge in [-0.1, -0.05) is 176 Å². The van der Waals surface area contributed by atoms with E-state index in [1.807, 2.05) is 18.2 Å². The molecule has 0 unspecified atom stereocenters. The third-order valence-electron chi connectivity index (χ3n) is 11.8. The molecule has 3 heterocycles. The minimum Gasteiger partial charge on any atom is -0.454 e. The van der Waals surface area contributed by atoms with Crippen molar-refractivity contribution in [1.29, 1.82) is 0 Å². The number of hydrogen-bond donors (Lipinski definition) is 0. The zero-order chi connectivity index (χ0) is 39.6. The lowest BCUT2D eigenvalue weighted by molar-refractivity contribution is 0.666. The van der Waals surface area contributed by atoms with Crippen molar-refractivity contribution in [3.8, 4) is 61.7 Å². The Hall–Kier alpha value is -8.08. The second-order valence-electron chi connectivity index (χ2n) is 15.4. The molecule has 0 aliphatic heterocycles. The molecule has 0 spiro atoms. The molecule has 4 heteroatoms. The summed E-state index contributed by atoms with van der Waals surface area (Å²) in [6.07, 6.45) is 0. The third-order valence-corrected chi connectivity index (χ3v) is 11.8. The van der Waals surface area contributed by atoms with Gasteiger partial charge < -0.3 is 8.98 Å². The number of fused-ring (bicyclic) bond motifs is 7. The monoisotopic (exact) mass is 765 g/mol. The molecule has 280 valence electrons. The highest BCUT2D eigenvalue weighted by atomic mass is 16.3. The summed E-state index contributed by atoms with van der Waals surface area (Å²) in [6, 6.07) is 75.0. The first-order valence-electron chi connectivity index (χ1n) is 20.3. The molecular weight excluding hydrogens is 731 g/mol. The van der Waals surface area contributed by atoms with Gasteiger partial charge in [0.1, 0.15) is 5.58 Å². The number of para-hydroxylation sites is 2. The van der Waals surface area contributed by atoms with Crippen LogP contribution in [0.2, 0.25) is 0 Å². The molecule has 0 radical (unpaired) electrons. The van der Waals surface area contributed by atoms with Crippen molar-refractivity contribution in [3.63, 3.8) is 0 Å². The quantitative estimate of drug-likeness (QED) is 0.169. The van der Waals surface area contributed by atoms with Crippen LogP contribution in [0.3, 0.4) is 0 Å². The molecule has 4 nitrogen and oxygen atoms in total. The van der Waals surface area contributed by atoms with E-state index < -0.39 is 0 Å². The zero-order valence-corrected chi connectivity index (χ0v) is 32.5. The predicted octanol–water partition coefficient (Wildman–Crippen LogP) is 15.0. The lowest BCUT2D eigenvalue weighted by atomic mass is 10.0. The number of nitrogens with zero attached hydrogens (tertiary/aromatic N) is 3. The number of hydrogen-bond acceptors (Lipinski definition) is 3. The average Bonchev–Trinajstić information content (AvgIpc) is 3.87. The molecule has 0 saturated carbocycles. The van der Waals surface area contributed by atoms with Gasteiger partial charge in [-0.2, -0.15) is 0 Å². The maximum atomic E-state index is 6.98. The highest BCUT2D eigenvalue weighted by Gasteiger charge is 2.20. The van der Waals surface area contributed by atoms with E-state index in [1.165, 1.54) is 44.2 Å². The minimum absolute atomic E-state index is 0.655. The first-order valence-corrected chi connectivity index (χ1v) is 20.3. The molecule has 0 aliphatic rings. The van der Waals surface area contributed by atoms with Crippen molar-refractivity contribution in [2.24, 2.45) is 0 Å². The van der Waals surface area contributed by atoms with Crippen LogP contribution in [0.25, 0.3) is 116 Å². The zero-order valence-electron chi connectivity index (χ0n) is 32.5. The SMILES string of the molecule is c1ccc(-c2ccc(-c3nc(-c4ccc5c(c4)oc4c(-n6c7cc(-c8ccccc8)ccc7c7ccc(-c8ccccc8)cc76)cccc45)nc4ccccc34)cc2)cc1. The maximum absolute atomic E-state index is 6.98. The number of benzene rings is 9. The Morgan fingerprint density at radius 1 is 0.333 bits per heavy atom. The van der Waals surface area contributed by atoms with E-state index in [9.17, 15) is 0 Å². The summed E-state index contributed by atoms with van der Waals surface area (Å²) in [5, 5.41) is 5.50. The van der Waals surface area contributed by atoms with E-state index in [-0.39, 0.29) is 0 Å². The standard InChI is InChI=1S/C56H35N3O/c1-4-13-36(14-5-1)39-23-25-40(26-24-39)54-48-19-10-11-21-49(48)57-56(58-54)43-29-32-46-47-20-12-22-50(55(47)60-53(46)35-43)59-51-33-41(37-15-6-2-7-16-37)27-30-44(51)45-31-28-42(34-52(45)59)38-17-8-3-9-18-38/h1-35H. The number of furan rings is 1. The van der Waals surface area contributed by atoms with Crippen LogP contribution in [0.5, 0.6) is 0 Å². The molecule has 0 bridgehead atoms. The Balaban J connectivity index is 1.03. The minimum atomic E-state index is 0.655. The van der Waals surface area contributed by atoms with Gasteiger partial charge in [-0.05, 0) is 69.8 Å².